The number of likely N-dealkylation sites (N-methyl/N-ethyl adjacent to an activating group) is 1. The number of hydrogen-bond acceptors (Lipinski definition) is 7. The first kappa shape index (κ1) is 17.1. The zero-order valence-electron chi connectivity index (χ0n) is 16.0. The second kappa shape index (κ2) is 7.16. The van der Waals surface area contributed by atoms with Gasteiger partial charge in [0.25, 0.3) is 0 Å². The minimum Gasteiger partial charge on any atom is -0.350 e. The molecule has 5 heterocycles. The molecular formula is C21H23N7. The van der Waals surface area contributed by atoms with Gasteiger partial charge in [0.15, 0.2) is 0 Å². The van der Waals surface area contributed by atoms with E-state index in [0.717, 1.165) is 56.2 Å². The van der Waals surface area contributed by atoms with Crippen molar-refractivity contribution in [2.45, 2.75) is 25.9 Å². The smallest absolute Gasteiger partial charge is 0.227 e. The minimum absolute atomic E-state index is 0.618. The molecule has 2 aliphatic rings. The second-order valence-electron chi connectivity index (χ2n) is 7.47. The first-order valence-corrected chi connectivity index (χ1v) is 9.69. The van der Waals surface area contributed by atoms with E-state index in [1.165, 1.54) is 16.8 Å². The van der Waals surface area contributed by atoms with Gasteiger partial charge in [-0.05, 0) is 42.8 Å². The third kappa shape index (κ3) is 3.41. The van der Waals surface area contributed by atoms with Gasteiger partial charge in [-0.25, -0.2) is 15.0 Å². The van der Waals surface area contributed by atoms with Crippen molar-refractivity contribution >= 4 is 17.5 Å². The minimum atomic E-state index is 0.618. The molecular weight excluding hydrogens is 350 g/mol. The predicted molar refractivity (Wildman–Crippen MR) is 109 cm³/mol. The van der Waals surface area contributed by atoms with E-state index < -0.39 is 0 Å². The molecule has 5 rings (SSSR count). The van der Waals surface area contributed by atoms with E-state index in [1.54, 1.807) is 0 Å². The van der Waals surface area contributed by atoms with Crippen molar-refractivity contribution in [1.29, 1.82) is 0 Å². The highest BCUT2D eigenvalue weighted by atomic mass is 15.2. The lowest BCUT2D eigenvalue weighted by molar-refractivity contribution is 0.310. The summed E-state index contributed by atoms with van der Waals surface area (Å²) < 4.78 is 0. The van der Waals surface area contributed by atoms with E-state index in [-0.39, 0.29) is 0 Å². The topological polar surface area (TPSA) is 70.1 Å². The van der Waals surface area contributed by atoms with Gasteiger partial charge in [-0.1, -0.05) is 6.07 Å². The molecule has 0 radical (unpaired) electrons. The van der Waals surface area contributed by atoms with Crippen LogP contribution in [0, 0.1) is 0 Å². The van der Waals surface area contributed by atoms with Gasteiger partial charge in [0.2, 0.25) is 5.95 Å². The van der Waals surface area contributed by atoms with E-state index in [2.05, 4.69) is 43.2 Å². The van der Waals surface area contributed by atoms with Gasteiger partial charge in [-0.15, -0.1) is 0 Å². The van der Waals surface area contributed by atoms with Crippen molar-refractivity contribution in [3.05, 3.63) is 65.4 Å². The molecule has 7 heteroatoms. The van der Waals surface area contributed by atoms with Gasteiger partial charge >= 0.3 is 0 Å². The number of nitrogens with zero attached hydrogens (tertiary/aromatic N) is 6. The molecule has 0 saturated carbocycles. The summed E-state index contributed by atoms with van der Waals surface area (Å²) >= 11 is 0. The van der Waals surface area contributed by atoms with Crippen molar-refractivity contribution in [2.75, 3.05) is 30.4 Å². The van der Waals surface area contributed by atoms with Crippen molar-refractivity contribution in [3.8, 4) is 0 Å². The Balaban J connectivity index is 1.36. The molecule has 28 heavy (non-hydrogen) atoms. The van der Waals surface area contributed by atoms with Crippen LogP contribution in [-0.2, 0) is 25.9 Å². The van der Waals surface area contributed by atoms with E-state index in [9.17, 15) is 0 Å². The zero-order valence-corrected chi connectivity index (χ0v) is 16.0. The summed E-state index contributed by atoms with van der Waals surface area (Å²) in [6.07, 6.45) is 7.59. The highest BCUT2D eigenvalue weighted by Gasteiger charge is 2.20. The Morgan fingerprint density at radius 3 is 2.79 bits per heavy atom. The number of hydrogen-bond donors (Lipinski definition) is 1. The Hall–Kier alpha value is -3.06. The predicted octanol–water partition coefficient (Wildman–Crippen LogP) is 2.56. The lowest BCUT2D eigenvalue weighted by Gasteiger charge is -2.29. The molecule has 142 valence electrons. The van der Waals surface area contributed by atoms with Crippen LogP contribution in [0.15, 0.2) is 42.9 Å². The fraction of sp³-hybridized carbons (Fsp3) is 0.333. The standard InChI is InChI=1S/C21H23N7/c1-27-8-6-18-16(13-27)10-17(12-23-18)25-21-24-11-15-5-9-28(14-19(15)26-21)20-4-2-3-7-22-20/h2-4,7,10-12H,5-6,8-9,13-14H2,1H3,(H,24,25,26). The Bertz CT molecular complexity index is 989. The van der Waals surface area contributed by atoms with Crippen LogP contribution in [0.2, 0.25) is 0 Å². The second-order valence-corrected chi connectivity index (χ2v) is 7.47. The molecule has 0 bridgehead atoms. The number of anilines is 3. The van der Waals surface area contributed by atoms with Crippen molar-refractivity contribution in [3.63, 3.8) is 0 Å². The molecule has 0 aromatic carbocycles. The Morgan fingerprint density at radius 2 is 1.89 bits per heavy atom. The Morgan fingerprint density at radius 1 is 0.929 bits per heavy atom. The van der Waals surface area contributed by atoms with E-state index in [1.807, 2.05) is 36.8 Å². The van der Waals surface area contributed by atoms with Crippen LogP contribution in [-0.4, -0.2) is 45.0 Å². The third-order valence-corrected chi connectivity index (χ3v) is 5.41. The summed E-state index contributed by atoms with van der Waals surface area (Å²) in [6, 6.07) is 8.17. The molecule has 0 fully saturated rings. The highest BCUT2D eigenvalue weighted by Crippen LogP contribution is 2.24. The van der Waals surface area contributed by atoms with E-state index in [0.29, 0.717) is 5.95 Å². The summed E-state index contributed by atoms with van der Waals surface area (Å²) in [7, 11) is 2.14. The summed E-state index contributed by atoms with van der Waals surface area (Å²) in [5.74, 6) is 1.61. The zero-order chi connectivity index (χ0) is 18.9. The first-order chi connectivity index (χ1) is 13.7. The van der Waals surface area contributed by atoms with E-state index >= 15 is 0 Å². The van der Waals surface area contributed by atoms with Gasteiger partial charge in [-0.2, -0.15) is 0 Å². The average molecular weight is 373 g/mol. The van der Waals surface area contributed by atoms with Crippen LogP contribution >= 0.6 is 0 Å². The lowest BCUT2D eigenvalue weighted by atomic mass is 10.1. The lowest BCUT2D eigenvalue weighted by Crippen LogP contribution is -2.32. The summed E-state index contributed by atoms with van der Waals surface area (Å²) in [4.78, 5) is 23.0. The highest BCUT2D eigenvalue weighted by molar-refractivity contribution is 5.54. The van der Waals surface area contributed by atoms with Crippen LogP contribution in [0.25, 0.3) is 0 Å². The third-order valence-electron chi connectivity index (χ3n) is 5.41. The van der Waals surface area contributed by atoms with Crippen molar-refractivity contribution in [1.82, 2.24) is 24.8 Å². The maximum atomic E-state index is 4.78. The Labute approximate surface area is 164 Å². The number of rotatable bonds is 3. The van der Waals surface area contributed by atoms with Gasteiger partial charge in [0, 0.05) is 44.1 Å². The normalized spacial score (nSPS) is 16.4. The average Bonchev–Trinajstić information content (AvgIpc) is 2.73. The van der Waals surface area contributed by atoms with Crippen LogP contribution in [0.3, 0.4) is 0 Å². The van der Waals surface area contributed by atoms with Crippen LogP contribution in [0.4, 0.5) is 17.5 Å². The van der Waals surface area contributed by atoms with Gasteiger partial charge in [0.05, 0.1) is 24.1 Å². The number of pyridine rings is 2. The van der Waals surface area contributed by atoms with Gasteiger partial charge in [0.1, 0.15) is 5.82 Å². The van der Waals surface area contributed by atoms with Crippen LogP contribution in [0.5, 0.6) is 0 Å². The number of aromatic nitrogens is 4. The quantitative estimate of drug-likeness (QED) is 0.756. The molecule has 0 saturated heterocycles. The molecule has 3 aromatic rings. The fourth-order valence-corrected chi connectivity index (χ4v) is 3.86. The molecule has 0 atom stereocenters. The molecule has 1 N–H and O–H groups in total. The molecule has 0 amide bonds. The largest absolute Gasteiger partial charge is 0.350 e. The maximum Gasteiger partial charge on any atom is 0.227 e. The van der Waals surface area contributed by atoms with Crippen molar-refractivity contribution in [2.24, 2.45) is 0 Å². The molecule has 0 aliphatic carbocycles. The molecule has 2 aliphatic heterocycles. The number of nitrogens with one attached hydrogen (secondary N) is 1. The molecule has 3 aromatic heterocycles. The van der Waals surface area contributed by atoms with Crippen molar-refractivity contribution < 1.29 is 0 Å². The molecule has 7 nitrogen and oxygen atoms in total. The van der Waals surface area contributed by atoms with Crippen LogP contribution < -0.4 is 10.2 Å². The van der Waals surface area contributed by atoms with E-state index in [4.69, 9.17) is 4.98 Å². The van der Waals surface area contributed by atoms with Gasteiger partial charge in [-0.3, -0.25) is 4.98 Å². The fourth-order valence-electron chi connectivity index (χ4n) is 3.86. The summed E-state index contributed by atoms with van der Waals surface area (Å²) in [5.41, 5.74) is 5.67. The summed E-state index contributed by atoms with van der Waals surface area (Å²) in [6.45, 7) is 3.68. The number of fused-ring (bicyclic) bond motifs is 2. The molecule has 0 spiro atoms. The summed E-state index contributed by atoms with van der Waals surface area (Å²) in [5, 5.41) is 3.34. The SMILES string of the molecule is CN1CCc2ncc(Nc3ncc4c(n3)CN(c3ccccn3)CC4)cc2C1. The maximum absolute atomic E-state index is 4.78. The molecule has 0 unspecified atom stereocenters. The first-order valence-electron chi connectivity index (χ1n) is 9.69. The Kier molecular flexibility index (Phi) is 4.37. The van der Waals surface area contributed by atoms with Crippen LogP contribution in [0.1, 0.15) is 22.5 Å². The van der Waals surface area contributed by atoms with Gasteiger partial charge < -0.3 is 15.1 Å². The monoisotopic (exact) mass is 373 g/mol.